The maximum absolute atomic E-state index is 5.42. The van der Waals surface area contributed by atoms with E-state index in [9.17, 15) is 0 Å². The van der Waals surface area contributed by atoms with E-state index in [4.69, 9.17) is 15.0 Å². The molecular formula is C51H31N3S. The smallest absolute Gasteiger partial charge is 0.165 e. The van der Waals surface area contributed by atoms with Gasteiger partial charge in [-0.3, -0.25) is 0 Å². The maximum atomic E-state index is 5.42. The minimum absolute atomic E-state index is 0.637. The van der Waals surface area contributed by atoms with Gasteiger partial charge in [-0.1, -0.05) is 158 Å². The van der Waals surface area contributed by atoms with Gasteiger partial charge < -0.3 is 0 Å². The summed E-state index contributed by atoms with van der Waals surface area (Å²) in [5.74, 6) is 1.94. The molecule has 3 nitrogen and oxygen atoms in total. The molecule has 0 aliphatic heterocycles. The van der Waals surface area contributed by atoms with Crippen LogP contribution in [0.2, 0.25) is 0 Å². The second-order valence-electron chi connectivity index (χ2n) is 14.0. The van der Waals surface area contributed by atoms with Crippen LogP contribution in [0.1, 0.15) is 0 Å². The Kier molecular flexibility index (Phi) is 7.35. The summed E-state index contributed by atoms with van der Waals surface area (Å²) >= 11 is 1.79. The first kappa shape index (κ1) is 31.5. The summed E-state index contributed by atoms with van der Waals surface area (Å²) in [6, 6.07) is 67.0. The average molecular weight is 718 g/mol. The topological polar surface area (TPSA) is 38.7 Å². The fraction of sp³-hybridized carbons (Fsp3) is 0. The highest BCUT2D eigenvalue weighted by atomic mass is 32.1. The molecule has 0 aliphatic rings. The minimum Gasteiger partial charge on any atom is -0.208 e. The highest BCUT2D eigenvalue weighted by Gasteiger charge is 2.21. The molecule has 0 bridgehead atoms. The average Bonchev–Trinajstić information content (AvgIpc) is 3.64. The lowest BCUT2D eigenvalue weighted by Gasteiger charge is -2.16. The molecule has 0 saturated carbocycles. The van der Waals surface area contributed by atoms with Gasteiger partial charge in [0.25, 0.3) is 0 Å². The third kappa shape index (κ3) is 5.46. The lowest BCUT2D eigenvalue weighted by atomic mass is 9.92. The second kappa shape index (κ2) is 12.8. The number of benzene rings is 9. The van der Waals surface area contributed by atoms with Gasteiger partial charge in [0, 0.05) is 36.9 Å². The lowest BCUT2D eigenvalue weighted by molar-refractivity contribution is 1.08. The number of fused-ring (bicyclic) bond motifs is 6. The Morgan fingerprint density at radius 1 is 0.309 bits per heavy atom. The molecule has 9 aromatic carbocycles. The van der Waals surface area contributed by atoms with Gasteiger partial charge in [0.05, 0.1) is 0 Å². The van der Waals surface area contributed by atoms with Crippen molar-refractivity contribution in [3.8, 4) is 56.4 Å². The highest BCUT2D eigenvalue weighted by molar-refractivity contribution is 7.26. The Hall–Kier alpha value is -7.01. The largest absolute Gasteiger partial charge is 0.208 e. The molecule has 2 heterocycles. The molecule has 0 fully saturated rings. The Morgan fingerprint density at radius 2 is 0.873 bits per heavy atom. The molecule has 0 unspecified atom stereocenters. The van der Waals surface area contributed by atoms with E-state index >= 15 is 0 Å². The van der Waals surface area contributed by atoms with Crippen LogP contribution in [-0.2, 0) is 0 Å². The van der Waals surface area contributed by atoms with Gasteiger partial charge in [-0.25, -0.2) is 15.0 Å². The quantitative estimate of drug-likeness (QED) is 0.178. The van der Waals surface area contributed by atoms with Crippen molar-refractivity contribution in [3.05, 3.63) is 188 Å². The molecule has 0 atom stereocenters. The molecule has 0 saturated heterocycles. The monoisotopic (exact) mass is 717 g/mol. The van der Waals surface area contributed by atoms with Gasteiger partial charge >= 0.3 is 0 Å². The zero-order chi connectivity index (χ0) is 36.3. The lowest BCUT2D eigenvalue weighted by Crippen LogP contribution is -2.02. The number of rotatable bonds is 5. The summed E-state index contributed by atoms with van der Waals surface area (Å²) in [6.45, 7) is 0. The van der Waals surface area contributed by atoms with Crippen LogP contribution in [0.5, 0.6) is 0 Å². The van der Waals surface area contributed by atoms with Crippen LogP contribution in [0.3, 0.4) is 0 Å². The third-order valence-corrected chi connectivity index (χ3v) is 11.9. The summed E-state index contributed by atoms with van der Waals surface area (Å²) in [6.07, 6.45) is 0. The van der Waals surface area contributed by atoms with E-state index in [-0.39, 0.29) is 0 Å². The van der Waals surface area contributed by atoms with Crippen molar-refractivity contribution in [1.82, 2.24) is 15.0 Å². The number of hydrogen-bond donors (Lipinski definition) is 0. The van der Waals surface area contributed by atoms with Crippen molar-refractivity contribution < 1.29 is 0 Å². The number of hydrogen-bond acceptors (Lipinski definition) is 4. The van der Waals surface area contributed by atoms with E-state index in [2.05, 4.69) is 188 Å². The molecule has 0 spiro atoms. The van der Waals surface area contributed by atoms with Crippen molar-refractivity contribution in [1.29, 1.82) is 0 Å². The normalized spacial score (nSPS) is 11.6. The highest BCUT2D eigenvalue weighted by Crippen LogP contribution is 2.42. The van der Waals surface area contributed by atoms with Gasteiger partial charge in [0.1, 0.15) is 0 Å². The molecule has 55 heavy (non-hydrogen) atoms. The van der Waals surface area contributed by atoms with Crippen LogP contribution in [0, 0.1) is 0 Å². The summed E-state index contributed by atoms with van der Waals surface area (Å²) in [4.78, 5) is 16.1. The molecule has 0 N–H and O–H groups in total. The molecule has 0 amide bonds. The summed E-state index contributed by atoms with van der Waals surface area (Å²) in [7, 11) is 0. The van der Waals surface area contributed by atoms with E-state index in [1.54, 1.807) is 11.3 Å². The molecule has 0 radical (unpaired) electrons. The zero-order valence-corrected chi connectivity index (χ0v) is 30.5. The van der Waals surface area contributed by atoms with Crippen LogP contribution >= 0.6 is 11.3 Å². The van der Waals surface area contributed by atoms with Crippen molar-refractivity contribution >= 4 is 63.8 Å². The molecule has 4 heteroatoms. The number of nitrogens with zero attached hydrogens (tertiary/aromatic N) is 3. The van der Waals surface area contributed by atoms with Gasteiger partial charge in [0.15, 0.2) is 17.5 Å². The van der Waals surface area contributed by atoms with E-state index in [0.29, 0.717) is 17.5 Å². The minimum atomic E-state index is 0.637. The molecule has 256 valence electrons. The predicted molar refractivity (Wildman–Crippen MR) is 232 cm³/mol. The molecule has 11 aromatic rings. The first-order valence-corrected chi connectivity index (χ1v) is 19.3. The van der Waals surface area contributed by atoms with Crippen LogP contribution in [0.25, 0.3) is 109 Å². The van der Waals surface area contributed by atoms with Crippen molar-refractivity contribution in [2.45, 2.75) is 0 Å². The number of aromatic nitrogens is 3. The Labute approximate surface area is 321 Å². The summed E-state index contributed by atoms with van der Waals surface area (Å²) in [5, 5.41) is 9.53. The van der Waals surface area contributed by atoms with Gasteiger partial charge in [-0.2, -0.15) is 0 Å². The predicted octanol–water partition coefficient (Wildman–Crippen LogP) is 14.0. The first-order valence-electron chi connectivity index (χ1n) is 18.5. The maximum Gasteiger partial charge on any atom is 0.165 e. The molecule has 2 aromatic heterocycles. The van der Waals surface area contributed by atoms with Crippen LogP contribution in [0.4, 0.5) is 0 Å². The van der Waals surface area contributed by atoms with E-state index in [1.807, 2.05) is 0 Å². The molecule has 0 aliphatic carbocycles. The van der Waals surface area contributed by atoms with Gasteiger partial charge in [-0.05, 0) is 84.9 Å². The Bertz CT molecular complexity index is 3290. The number of thiophene rings is 1. The van der Waals surface area contributed by atoms with Gasteiger partial charge in [-0.15, -0.1) is 11.3 Å². The summed E-state index contributed by atoms with van der Waals surface area (Å²) in [5.41, 5.74) is 7.39. The fourth-order valence-electron chi connectivity index (χ4n) is 7.98. The van der Waals surface area contributed by atoms with Crippen molar-refractivity contribution in [2.24, 2.45) is 0 Å². The molecular weight excluding hydrogens is 687 g/mol. The second-order valence-corrected chi connectivity index (χ2v) is 15.1. The first-order chi connectivity index (χ1) is 27.2. The standard InChI is InChI=1S/C51H31N3S/c1-3-14-35-29-38(25-23-32(35)11-1)37-16-9-17-40(31-37)49-52-50(45-21-10-20-44-43-19-7-8-22-46(43)55-48(44)45)54-51(53-49)47-41-18-6-5-13-34(41)27-28-42(47)39-26-24-33-12-2-4-15-36(33)30-39/h1-31H. The van der Waals surface area contributed by atoms with E-state index in [0.717, 1.165) is 49.7 Å². The molecule has 11 rings (SSSR count). The third-order valence-electron chi connectivity index (χ3n) is 10.7. The van der Waals surface area contributed by atoms with Crippen molar-refractivity contribution in [3.63, 3.8) is 0 Å². The van der Waals surface area contributed by atoms with Crippen LogP contribution in [-0.4, -0.2) is 15.0 Å². The Morgan fingerprint density at radius 3 is 1.69 bits per heavy atom. The van der Waals surface area contributed by atoms with E-state index < -0.39 is 0 Å². The van der Waals surface area contributed by atoms with Gasteiger partial charge in [0.2, 0.25) is 0 Å². The fourth-order valence-corrected chi connectivity index (χ4v) is 9.19. The SMILES string of the molecule is c1cc(-c2ccc3ccccc3c2)cc(-c2nc(-c3c(-c4ccc5ccccc5c4)ccc4ccccc34)nc(-c3cccc4c3sc3ccccc34)n2)c1. The van der Waals surface area contributed by atoms with E-state index in [1.165, 1.54) is 41.7 Å². The van der Waals surface area contributed by atoms with Crippen LogP contribution < -0.4 is 0 Å². The van der Waals surface area contributed by atoms with Crippen LogP contribution in [0.15, 0.2) is 188 Å². The Balaban J connectivity index is 1.18. The van der Waals surface area contributed by atoms with Crippen molar-refractivity contribution in [2.75, 3.05) is 0 Å². The zero-order valence-electron chi connectivity index (χ0n) is 29.6. The summed E-state index contributed by atoms with van der Waals surface area (Å²) < 4.78 is 2.42.